The number of hydrogen-bond acceptors (Lipinski definition) is 7. The number of esters is 1. The molecule has 4 aliphatic rings. The van der Waals surface area contributed by atoms with Gasteiger partial charge in [-0.2, -0.15) is 0 Å². The van der Waals surface area contributed by atoms with Crippen molar-refractivity contribution in [3.63, 3.8) is 0 Å². The lowest BCUT2D eigenvalue weighted by Crippen LogP contribution is -2.51. The third-order valence-corrected chi connectivity index (χ3v) is 16.4. The summed E-state index contributed by atoms with van der Waals surface area (Å²) in [6, 6.07) is 0. The third kappa shape index (κ3) is 14.9. The highest BCUT2D eigenvalue weighted by molar-refractivity contribution is 5.81. The summed E-state index contributed by atoms with van der Waals surface area (Å²) in [6.07, 6.45) is 16.5. The van der Waals surface area contributed by atoms with Gasteiger partial charge in [-0.15, -0.1) is 0 Å². The Labute approximate surface area is 390 Å². The minimum absolute atomic E-state index is 0.0223. The normalized spacial score (nSPS) is 28.1. The van der Waals surface area contributed by atoms with E-state index in [4.69, 9.17) is 14.2 Å². The summed E-state index contributed by atoms with van der Waals surface area (Å²) < 4.78 is 17.1. The van der Waals surface area contributed by atoms with Crippen LogP contribution in [0, 0.1) is 52.3 Å². The highest BCUT2D eigenvalue weighted by Gasteiger charge is 2.59. The van der Waals surface area contributed by atoms with E-state index in [0.29, 0.717) is 43.7 Å². The van der Waals surface area contributed by atoms with Gasteiger partial charge in [-0.25, -0.2) is 9.59 Å². The molecule has 3 amide bonds. The van der Waals surface area contributed by atoms with Crippen LogP contribution in [0.15, 0.2) is 11.6 Å². The molecule has 10 heteroatoms. The average Bonchev–Trinajstić information content (AvgIpc) is 3.50. The van der Waals surface area contributed by atoms with Crippen LogP contribution in [-0.2, 0) is 23.8 Å². The maximum Gasteiger partial charge on any atom is 0.408 e. The van der Waals surface area contributed by atoms with E-state index in [9.17, 15) is 19.2 Å². The van der Waals surface area contributed by atoms with Crippen LogP contribution in [0.2, 0.25) is 0 Å². The molecular weight excluding hydrogens is 803 g/mol. The largest absolute Gasteiger partial charge is 0.462 e. The summed E-state index contributed by atoms with van der Waals surface area (Å²) in [5, 5.41) is 5.91. The van der Waals surface area contributed by atoms with Crippen molar-refractivity contribution < 1.29 is 33.4 Å². The van der Waals surface area contributed by atoms with Crippen molar-refractivity contribution in [2.45, 2.75) is 242 Å². The van der Waals surface area contributed by atoms with Crippen LogP contribution in [0.3, 0.4) is 0 Å². The van der Waals surface area contributed by atoms with Gasteiger partial charge in [0.15, 0.2) is 0 Å². The van der Waals surface area contributed by atoms with E-state index in [-0.39, 0.29) is 36.2 Å². The van der Waals surface area contributed by atoms with Gasteiger partial charge in [0.05, 0.1) is 6.42 Å². The fourth-order valence-electron chi connectivity index (χ4n) is 12.8. The zero-order valence-electron chi connectivity index (χ0n) is 43.7. The van der Waals surface area contributed by atoms with Crippen molar-refractivity contribution in [3.05, 3.63) is 11.6 Å². The number of carbonyl (C=O) groups is 4. The van der Waals surface area contributed by atoms with Crippen molar-refractivity contribution in [2.24, 2.45) is 52.3 Å². The van der Waals surface area contributed by atoms with E-state index >= 15 is 0 Å². The molecular formula is C54H95N3O7. The molecule has 0 radical (unpaired) electrons. The summed E-state index contributed by atoms with van der Waals surface area (Å²) in [4.78, 5) is 54.3. The predicted molar refractivity (Wildman–Crippen MR) is 259 cm³/mol. The smallest absolute Gasteiger partial charge is 0.408 e. The number of carbonyl (C=O) groups excluding carboxylic acids is 4. The second kappa shape index (κ2) is 21.5. The van der Waals surface area contributed by atoms with Crippen LogP contribution in [-0.4, -0.2) is 70.4 Å². The fraction of sp³-hybridized carbons (Fsp3) is 0.889. The molecule has 0 aromatic rings. The molecule has 0 heterocycles. The topological polar surface area (TPSA) is 123 Å². The molecule has 4 aliphatic carbocycles. The number of fused-ring (bicyclic) bond motifs is 5. The lowest BCUT2D eigenvalue weighted by molar-refractivity contribution is -0.153. The van der Waals surface area contributed by atoms with Gasteiger partial charge in [0.2, 0.25) is 5.91 Å². The molecule has 3 saturated carbocycles. The highest BCUT2D eigenvalue weighted by Crippen LogP contribution is 2.67. The third-order valence-electron chi connectivity index (χ3n) is 16.4. The molecule has 3 fully saturated rings. The number of nitrogens with zero attached hydrogens (tertiary/aromatic N) is 1. The molecule has 368 valence electrons. The number of alkyl carbamates (subject to hydrolysis) is 2. The summed E-state index contributed by atoms with van der Waals surface area (Å²) in [5.74, 6) is 5.06. The van der Waals surface area contributed by atoms with Gasteiger partial charge >= 0.3 is 18.2 Å². The van der Waals surface area contributed by atoms with Crippen LogP contribution < -0.4 is 10.6 Å². The van der Waals surface area contributed by atoms with Gasteiger partial charge in [-0.05, 0) is 192 Å². The number of allylic oxidation sites excluding steroid dienone is 1. The van der Waals surface area contributed by atoms with E-state index in [1.54, 1.807) is 4.90 Å². The monoisotopic (exact) mass is 898 g/mol. The van der Waals surface area contributed by atoms with Crippen LogP contribution in [0.5, 0.6) is 0 Å². The highest BCUT2D eigenvalue weighted by atomic mass is 16.6. The summed E-state index contributed by atoms with van der Waals surface area (Å²) >= 11 is 0. The SMILES string of the molecule is CC[C@H](CC[C@@H](C)C1CCC2C3CC=C4CC(OC(=O)CCC(=O)N(CCCC(C)(C)NC(=O)OC(C)(C)C)CCC(C)(C)NC(=O)OC(C)(C)C)CCC4(C)C3CCC21C)C(C)C. The van der Waals surface area contributed by atoms with Crippen LogP contribution in [0.1, 0.15) is 214 Å². The number of rotatable bonds is 19. The standard InChI is InChI=1S/C54H95N3O7/c1-17-38(36(2)3)20-19-37(4)42-23-24-43-41-22-21-39-35-40(27-30-53(39,15)44(41)28-31-54(42,43)16)62-46(59)26-25-45(58)57(34-32-52(13,14)56-48(61)64-50(8,9)10)33-18-29-51(11,12)55-47(60)63-49(5,6)7/h21,36-38,40-44H,17-20,22-35H2,1-16H3,(H,55,60)(H,56,61)/t37-,38-,40?,41?,42?,43?,44?,53?,54?/m1/s1. The summed E-state index contributed by atoms with van der Waals surface area (Å²) in [6.45, 7) is 34.4. The van der Waals surface area contributed by atoms with E-state index in [0.717, 1.165) is 61.2 Å². The number of hydrogen-bond donors (Lipinski definition) is 2. The Kier molecular flexibility index (Phi) is 18.0. The van der Waals surface area contributed by atoms with Gasteiger partial charge in [0, 0.05) is 37.0 Å². The molecule has 2 N–H and O–H groups in total. The quantitative estimate of drug-likeness (QED) is 0.0752. The molecule has 64 heavy (non-hydrogen) atoms. The van der Waals surface area contributed by atoms with Gasteiger partial charge in [0.1, 0.15) is 17.3 Å². The maximum absolute atomic E-state index is 13.9. The van der Waals surface area contributed by atoms with Gasteiger partial charge in [0.25, 0.3) is 0 Å². The van der Waals surface area contributed by atoms with Crippen molar-refractivity contribution in [3.8, 4) is 0 Å². The molecule has 0 spiro atoms. The predicted octanol–water partition coefficient (Wildman–Crippen LogP) is 13.0. The van der Waals surface area contributed by atoms with E-state index in [2.05, 4.69) is 58.3 Å². The molecule has 0 bridgehead atoms. The summed E-state index contributed by atoms with van der Waals surface area (Å²) in [7, 11) is 0. The van der Waals surface area contributed by atoms with E-state index < -0.39 is 34.5 Å². The van der Waals surface area contributed by atoms with Gasteiger partial charge < -0.3 is 29.7 Å². The van der Waals surface area contributed by atoms with E-state index in [1.165, 1.54) is 50.5 Å². The first-order chi connectivity index (χ1) is 29.5. The van der Waals surface area contributed by atoms with Crippen molar-refractivity contribution in [2.75, 3.05) is 13.1 Å². The molecule has 0 aromatic heterocycles. The van der Waals surface area contributed by atoms with Crippen LogP contribution >= 0.6 is 0 Å². The Morgan fingerprint density at radius 1 is 0.766 bits per heavy atom. The minimum atomic E-state index is -0.651. The molecule has 10 nitrogen and oxygen atoms in total. The molecule has 0 saturated heterocycles. The lowest BCUT2D eigenvalue weighted by Gasteiger charge is -2.58. The summed E-state index contributed by atoms with van der Waals surface area (Å²) in [5.41, 5.74) is -0.344. The van der Waals surface area contributed by atoms with E-state index in [1.807, 2.05) is 69.2 Å². The van der Waals surface area contributed by atoms with Crippen molar-refractivity contribution in [1.82, 2.24) is 15.5 Å². The average molecular weight is 898 g/mol. The fourth-order valence-corrected chi connectivity index (χ4v) is 12.8. The van der Waals surface area contributed by atoms with Crippen molar-refractivity contribution in [1.29, 1.82) is 0 Å². The Balaban J connectivity index is 1.33. The zero-order chi connectivity index (χ0) is 48.1. The Hall–Kier alpha value is -2.78. The Morgan fingerprint density at radius 2 is 1.38 bits per heavy atom. The molecule has 7 unspecified atom stereocenters. The lowest BCUT2D eigenvalue weighted by atomic mass is 9.47. The van der Waals surface area contributed by atoms with Crippen LogP contribution in [0.4, 0.5) is 9.59 Å². The van der Waals surface area contributed by atoms with Gasteiger partial charge in [-0.1, -0.05) is 66.0 Å². The van der Waals surface area contributed by atoms with Gasteiger partial charge in [-0.3, -0.25) is 9.59 Å². The number of ether oxygens (including phenoxy) is 3. The minimum Gasteiger partial charge on any atom is -0.462 e. The molecule has 9 atom stereocenters. The number of amides is 3. The molecule has 0 aliphatic heterocycles. The second-order valence-corrected chi connectivity index (χ2v) is 25.1. The first-order valence-electron chi connectivity index (χ1n) is 25.7. The maximum atomic E-state index is 13.9. The van der Waals surface area contributed by atoms with Crippen molar-refractivity contribution >= 4 is 24.1 Å². The Morgan fingerprint density at radius 3 is 1.95 bits per heavy atom. The first kappa shape index (κ1) is 53.8. The number of nitrogens with one attached hydrogen (secondary N) is 2. The molecule has 4 rings (SSSR count). The second-order valence-electron chi connectivity index (χ2n) is 25.1. The van der Waals surface area contributed by atoms with Crippen LogP contribution in [0.25, 0.3) is 0 Å². The Bertz CT molecular complexity index is 1620. The first-order valence-corrected chi connectivity index (χ1v) is 25.7. The molecule has 0 aromatic carbocycles. The zero-order valence-corrected chi connectivity index (χ0v) is 43.7.